The van der Waals surface area contributed by atoms with Crippen molar-refractivity contribution in [2.45, 2.75) is 12.8 Å². The summed E-state index contributed by atoms with van der Waals surface area (Å²) in [6.07, 6.45) is 10.2. The fourth-order valence-electron chi connectivity index (χ4n) is 3.50. The summed E-state index contributed by atoms with van der Waals surface area (Å²) in [5, 5.41) is 14.3. The van der Waals surface area contributed by atoms with Gasteiger partial charge in [0.25, 0.3) is 5.56 Å². The Morgan fingerprint density at radius 2 is 1.91 bits per heavy atom. The van der Waals surface area contributed by atoms with Crippen LogP contribution >= 0.6 is 11.6 Å². The Kier molecular flexibility index (Phi) is 6.63. The second-order valence-corrected chi connectivity index (χ2v) is 7.86. The molecule has 0 saturated carbocycles. The first-order chi connectivity index (χ1) is 16.0. The maximum atomic E-state index is 12.4. The molecule has 0 aliphatic rings. The molecule has 166 valence electrons. The molecular formula is C24H21ClN6O2. The van der Waals surface area contributed by atoms with Gasteiger partial charge in [0, 0.05) is 74.7 Å². The lowest BCUT2D eigenvalue weighted by Crippen LogP contribution is -2.15. The Balaban J connectivity index is 1.75. The normalized spacial score (nSPS) is 10.8. The maximum Gasteiger partial charge on any atom is 0.250 e. The van der Waals surface area contributed by atoms with Gasteiger partial charge in [0.15, 0.2) is 0 Å². The third kappa shape index (κ3) is 4.70. The zero-order valence-corrected chi connectivity index (χ0v) is 19.0. The van der Waals surface area contributed by atoms with E-state index < -0.39 is 0 Å². The highest BCUT2D eigenvalue weighted by Gasteiger charge is 2.15. The number of aromatic nitrogens is 5. The molecule has 0 amide bonds. The largest absolute Gasteiger partial charge is 0.385 e. The Labute approximate surface area is 195 Å². The lowest BCUT2D eigenvalue weighted by Gasteiger charge is -2.10. The van der Waals surface area contributed by atoms with Gasteiger partial charge in [-0.3, -0.25) is 4.79 Å². The molecule has 0 aliphatic carbocycles. The second-order valence-electron chi connectivity index (χ2n) is 7.45. The number of pyridine rings is 1. The van der Waals surface area contributed by atoms with Crippen LogP contribution in [0, 0.1) is 11.3 Å². The topological polar surface area (TPSA) is 98.6 Å². The molecule has 0 saturated heterocycles. The maximum absolute atomic E-state index is 12.4. The average molecular weight is 461 g/mol. The van der Waals surface area contributed by atoms with E-state index in [1.165, 1.54) is 4.57 Å². The van der Waals surface area contributed by atoms with Crippen molar-refractivity contribution in [3.8, 4) is 34.0 Å². The summed E-state index contributed by atoms with van der Waals surface area (Å²) in [5.41, 5.74) is 3.76. The number of nitriles is 1. The number of nitrogens with zero attached hydrogens (tertiary/aromatic N) is 6. The molecule has 33 heavy (non-hydrogen) atoms. The van der Waals surface area contributed by atoms with Crippen LogP contribution in [0.5, 0.6) is 0 Å². The first-order valence-electron chi connectivity index (χ1n) is 10.3. The van der Waals surface area contributed by atoms with Gasteiger partial charge < -0.3 is 9.30 Å². The van der Waals surface area contributed by atoms with Crippen LogP contribution in [0.4, 0.5) is 0 Å². The molecule has 0 spiro atoms. The van der Waals surface area contributed by atoms with Gasteiger partial charge in [0.05, 0.1) is 22.5 Å². The average Bonchev–Trinajstić information content (AvgIpc) is 3.31. The minimum Gasteiger partial charge on any atom is -0.385 e. The van der Waals surface area contributed by atoms with Gasteiger partial charge in [-0.1, -0.05) is 17.7 Å². The predicted octanol–water partition coefficient (Wildman–Crippen LogP) is 3.80. The molecule has 1 aromatic carbocycles. The smallest absolute Gasteiger partial charge is 0.250 e. The zero-order chi connectivity index (χ0) is 23.4. The summed E-state index contributed by atoms with van der Waals surface area (Å²) in [4.78, 5) is 21.3. The molecule has 0 aliphatic heterocycles. The van der Waals surface area contributed by atoms with E-state index in [1.807, 2.05) is 0 Å². The van der Waals surface area contributed by atoms with Gasteiger partial charge in [0.1, 0.15) is 11.9 Å². The molecule has 0 radical (unpaired) electrons. The van der Waals surface area contributed by atoms with E-state index >= 15 is 0 Å². The Morgan fingerprint density at radius 1 is 1.12 bits per heavy atom. The number of rotatable bonds is 7. The van der Waals surface area contributed by atoms with Crippen molar-refractivity contribution in [2.24, 2.45) is 7.05 Å². The zero-order valence-electron chi connectivity index (χ0n) is 18.2. The van der Waals surface area contributed by atoms with Gasteiger partial charge in [-0.25, -0.2) is 14.6 Å². The lowest BCUT2D eigenvalue weighted by atomic mass is 10.0. The number of hydrogen-bond donors (Lipinski definition) is 0. The number of benzene rings is 1. The summed E-state index contributed by atoms with van der Waals surface area (Å²) >= 11 is 6.18. The van der Waals surface area contributed by atoms with Crippen LogP contribution in [0.3, 0.4) is 0 Å². The molecule has 0 unspecified atom stereocenters. The molecule has 4 aromatic rings. The van der Waals surface area contributed by atoms with Gasteiger partial charge in [-0.2, -0.15) is 10.4 Å². The summed E-state index contributed by atoms with van der Waals surface area (Å²) in [7, 11) is 3.36. The van der Waals surface area contributed by atoms with Crippen molar-refractivity contribution >= 4 is 11.6 Å². The van der Waals surface area contributed by atoms with E-state index in [0.29, 0.717) is 34.9 Å². The highest BCUT2D eigenvalue weighted by Crippen LogP contribution is 2.31. The van der Waals surface area contributed by atoms with Crippen LogP contribution in [0.1, 0.15) is 17.8 Å². The Bertz CT molecular complexity index is 1390. The molecule has 0 N–H and O–H groups in total. The van der Waals surface area contributed by atoms with E-state index in [9.17, 15) is 10.1 Å². The lowest BCUT2D eigenvalue weighted by molar-refractivity contribution is 0.194. The molecule has 3 heterocycles. The van der Waals surface area contributed by atoms with Crippen LogP contribution < -0.4 is 5.56 Å². The van der Waals surface area contributed by atoms with Crippen molar-refractivity contribution in [3.63, 3.8) is 0 Å². The minimum atomic E-state index is -0.146. The van der Waals surface area contributed by atoms with Crippen molar-refractivity contribution in [1.29, 1.82) is 5.26 Å². The third-order valence-electron chi connectivity index (χ3n) is 5.24. The number of halogens is 1. The van der Waals surface area contributed by atoms with Gasteiger partial charge >= 0.3 is 0 Å². The van der Waals surface area contributed by atoms with E-state index in [1.54, 1.807) is 74.1 Å². The van der Waals surface area contributed by atoms with Crippen LogP contribution in [0.15, 0.2) is 60.0 Å². The summed E-state index contributed by atoms with van der Waals surface area (Å²) in [6.45, 7) is 0.647. The van der Waals surface area contributed by atoms with E-state index in [4.69, 9.17) is 16.3 Å². The molecule has 0 atom stereocenters. The molecule has 0 bridgehead atoms. The number of aryl methyl sites for hydroxylation is 2. The molecule has 4 rings (SSSR count). The minimum absolute atomic E-state index is 0.146. The van der Waals surface area contributed by atoms with Gasteiger partial charge in [-0.15, -0.1) is 0 Å². The van der Waals surface area contributed by atoms with Crippen molar-refractivity contribution in [2.75, 3.05) is 13.7 Å². The number of methoxy groups -OCH3 is 1. The monoisotopic (exact) mass is 460 g/mol. The Hall–Kier alpha value is -3.80. The second kappa shape index (κ2) is 9.77. The van der Waals surface area contributed by atoms with Crippen LogP contribution in [-0.4, -0.2) is 38.0 Å². The summed E-state index contributed by atoms with van der Waals surface area (Å²) in [5.74, 6) is 0.721. The predicted molar refractivity (Wildman–Crippen MR) is 125 cm³/mol. The first-order valence-corrected chi connectivity index (χ1v) is 10.6. The third-order valence-corrected chi connectivity index (χ3v) is 5.55. The fourth-order valence-corrected chi connectivity index (χ4v) is 3.72. The highest BCUT2D eigenvalue weighted by molar-refractivity contribution is 6.32. The molecule has 8 nitrogen and oxygen atoms in total. The Morgan fingerprint density at radius 3 is 2.64 bits per heavy atom. The fraction of sp³-hybridized carbons (Fsp3) is 0.208. The van der Waals surface area contributed by atoms with E-state index in [-0.39, 0.29) is 5.56 Å². The van der Waals surface area contributed by atoms with Crippen LogP contribution in [0.25, 0.3) is 27.9 Å². The van der Waals surface area contributed by atoms with Crippen molar-refractivity contribution in [1.82, 2.24) is 24.3 Å². The van der Waals surface area contributed by atoms with Gasteiger partial charge in [0.2, 0.25) is 0 Å². The molecule has 9 heteroatoms. The van der Waals surface area contributed by atoms with E-state index in [2.05, 4.69) is 21.1 Å². The highest BCUT2D eigenvalue weighted by atomic mass is 35.5. The quantitative estimate of drug-likeness (QED) is 0.389. The number of ether oxygens (including phenoxy) is 1. The SMILES string of the molecule is COCCCc1ncc(-c2cc(=O)n(C)cc2-c2cnn(-c3cccc(Cl)c3C#N)c2)cn1. The standard InChI is InChI=1S/C24H21ClN6O2/c1-30-15-20(17-13-29-31(14-17)22-6-3-5-21(25)19(22)10-26)18(9-24(30)32)16-11-27-23(28-12-16)7-4-8-33-2/h3,5-6,9,11-15H,4,7-8H2,1-2H3. The molecule has 0 fully saturated rings. The van der Waals surface area contributed by atoms with Gasteiger partial charge in [-0.05, 0) is 24.1 Å². The van der Waals surface area contributed by atoms with E-state index in [0.717, 1.165) is 28.9 Å². The van der Waals surface area contributed by atoms with Crippen LogP contribution in [0.2, 0.25) is 5.02 Å². The van der Waals surface area contributed by atoms with Crippen molar-refractivity contribution in [3.05, 3.63) is 82.0 Å². The molecular weight excluding hydrogens is 440 g/mol. The first kappa shape index (κ1) is 22.4. The van der Waals surface area contributed by atoms with Crippen molar-refractivity contribution < 1.29 is 4.74 Å². The summed E-state index contributed by atoms with van der Waals surface area (Å²) in [6, 6.07) is 8.90. The summed E-state index contributed by atoms with van der Waals surface area (Å²) < 4.78 is 8.19. The number of hydrogen-bond acceptors (Lipinski definition) is 6. The van der Waals surface area contributed by atoms with Crippen LogP contribution in [-0.2, 0) is 18.2 Å². The molecule has 3 aromatic heterocycles.